The Kier molecular flexibility index (Phi) is 3.63. The average Bonchev–Trinajstić information content (AvgIpc) is 3.31. The summed E-state index contributed by atoms with van der Waals surface area (Å²) < 4.78 is 0. The highest BCUT2D eigenvalue weighted by Gasteiger charge is 2.32. The molecule has 6 nitrogen and oxygen atoms in total. The minimum absolute atomic E-state index is 0.0302. The smallest absolute Gasteiger partial charge is 0.293 e. The zero-order chi connectivity index (χ0) is 15.0. The fourth-order valence-corrected chi connectivity index (χ4v) is 2.92. The molecule has 0 aromatic heterocycles. The van der Waals surface area contributed by atoms with Crippen LogP contribution in [-0.4, -0.2) is 47.8 Å². The minimum Gasteiger partial charge on any atom is -0.363 e. The Bertz CT molecular complexity index is 576. The molecular formula is C15H19N3O3. The molecule has 2 fully saturated rings. The van der Waals surface area contributed by atoms with Crippen LogP contribution in [0.2, 0.25) is 0 Å². The molecule has 0 spiro atoms. The van der Waals surface area contributed by atoms with Gasteiger partial charge in [0.15, 0.2) is 5.78 Å². The van der Waals surface area contributed by atoms with Crippen LogP contribution < -0.4 is 4.90 Å². The maximum atomic E-state index is 11.4. The molecule has 112 valence electrons. The molecule has 1 aromatic rings. The van der Waals surface area contributed by atoms with E-state index in [0.717, 1.165) is 32.2 Å². The highest BCUT2D eigenvalue weighted by atomic mass is 16.6. The quantitative estimate of drug-likeness (QED) is 0.482. The first-order valence-electron chi connectivity index (χ1n) is 7.34. The molecule has 1 saturated carbocycles. The summed E-state index contributed by atoms with van der Waals surface area (Å²) in [6.45, 7) is 4.94. The van der Waals surface area contributed by atoms with Gasteiger partial charge in [0.1, 0.15) is 5.69 Å². The molecule has 0 amide bonds. The van der Waals surface area contributed by atoms with Gasteiger partial charge in [0.05, 0.1) is 4.92 Å². The van der Waals surface area contributed by atoms with E-state index in [1.807, 2.05) is 0 Å². The van der Waals surface area contributed by atoms with Gasteiger partial charge in [0.2, 0.25) is 0 Å². The number of nitro groups is 1. The van der Waals surface area contributed by atoms with Gasteiger partial charge in [-0.05, 0) is 31.9 Å². The molecule has 3 rings (SSSR count). The van der Waals surface area contributed by atoms with Crippen molar-refractivity contribution in [3.05, 3.63) is 33.9 Å². The van der Waals surface area contributed by atoms with Crippen molar-refractivity contribution in [2.24, 2.45) is 0 Å². The van der Waals surface area contributed by atoms with Crippen molar-refractivity contribution in [2.75, 3.05) is 31.1 Å². The molecule has 1 aliphatic carbocycles. The van der Waals surface area contributed by atoms with Crippen LogP contribution in [0.25, 0.3) is 0 Å². The van der Waals surface area contributed by atoms with Crippen molar-refractivity contribution < 1.29 is 9.72 Å². The summed E-state index contributed by atoms with van der Waals surface area (Å²) in [5, 5.41) is 11.3. The molecule has 0 N–H and O–H groups in total. The molecule has 0 bridgehead atoms. The maximum Gasteiger partial charge on any atom is 0.293 e. The number of anilines is 1. The molecule has 21 heavy (non-hydrogen) atoms. The molecule has 2 aliphatic rings. The number of piperazine rings is 1. The largest absolute Gasteiger partial charge is 0.363 e. The lowest BCUT2D eigenvalue weighted by Crippen LogP contribution is -2.47. The first kappa shape index (κ1) is 14.0. The molecule has 0 unspecified atom stereocenters. The first-order valence-corrected chi connectivity index (χ1v) is 7.34. The monoisotopic (exact) mass is 289 g/mol. The van der Waals surface area contributed by atoms with Crippen molar-refractivity contribution in [3.8, 4) is 0 Å². The zero-order valence-corrected chi connectivity index (χ0v) is 12.1. The van der Waals surface area contributed by atoms with E-state index in [1.54, 1.807) is 12.1 Å². The van der Waals surface area contributed by atoms with Gasteiger partial charge >= 0.3 is 0 Å². The predicted octanol–water partition coefficient (Wildman–Crippen LogP) is 2.08. The van der Waals surface area contributed by atoms with E-state index >= 15 is 0 Å². The number of nitrogens with zero attached hydrogens (tertiary/aromatic N) is 3. The van der Waals surface area contributed by atoms with E-state index in [0.29, 0.717) is 11.3 Å². The summed E-state index contributed by atoms with van der Waals surface area (Å²) in [5.41, 5.74) is 1.05. The van der Waals surface area contributed by atoms with Gasteiger partial charge in [-0.2, -0.15) is 0 Å². The Balaban J connectivity index is 1.81. The van der Waals surface area contributed by atoms with Crippen molar-refractivity contribution >= 4 is 17.2 Å². The normalized spacial score (nSPS) is 19.6. The molecule has 1 saturated heterocycles. The van der Waals surface area contributed by atoms with E-state index in [4.69, 9.17) is 0 Å². The molecule has 1 aliphatic heterocycles. The molecular weight excluding hydrogens is 270 g/mol. The standard InChI is InChI=1S/C15H19N3O3/c1-11(19)12-2-5-14(15(10-12)18(20)21)17-8-6-16(7-9-17)13-3-4-13/h2,5,10,13H,3-4,6-9H2,1H3. The molecule has 1 aromatic carbocycles. The number of ketones is 1. The number of carbonyl (C=O) groups excluding carboxylic acids is 1. The molecule has 1 heterocycles. The zero-order valence-electron chi connectivity index (χ0n) is 12.1. The van der Waals surface area contributed by atoms with Gasteiger partial charge in [-0.3, -0.25) is 19.8 Å². The van der Waals surface area contributed by atoms with Crippen molar-refractivity contribution in [1.29, 1.82) is 0 Å². The Morgan fingerprint density at radius 2 is 1.90 bits per heavy atom. The Labute approximate surface area is 123 Å². The summed E-state index contributed by atoms with van der Waals surface area (Å²) in [5.74, 6) is -0.150. The van der Waals surface area contributed by atoms with E-state index in [-0.39, 0.29) is 11.5 Å². The highest BCUT2D eigenvalue weighted by molar-refractivity contribution is 5.95. The van der Waals surface area contributed by atoms with Crippen molar-refractivity contribution in [1.82, 2.24) is 4.90 Å². The second-order valence-electron chi connectivity index (χ2n) is 5.77. The predicted molar refractivity (Wildman–Crippen MR) is 79.9 cm³/mol. The Hall–Kier alpha value is -1.95. The van der Waals surface area contributed by atoms with E-state index in [9.17, 15) is 14.9 Å². The topological polar surface area (TPSA) is 66.7 Å². The van der Waals surface area contributed by atoms with Crippen molar-refractivity contribution in [2.45, 2.75) is 25.8 Å². The van der Waals surface area contributed by atoms with Crippen LogP contribution >= 0.6 is 0 Å². The summed E-state index contributed by atoms with van der Waals surface area (Å²) in [6.07, 6.45) is 2.57. The van der Waals surface area contributed by atoms with E-state index in [1.165, 1.54) is 25.8 Å². The number of carbonyl (C=O) groups is 1. The molecule has 6 heteroatoms. The number of hydrogen-bond donors (Lipinski definition) is 0. The second kappa shape index (κ2) is 5.44. The van der Waals surface area contributed by atoms with Crippen LogP contribution in [-0.2, 0) is 0 Å². The SMILES string of the molecule is CC(=O)c1ccc(N2CCN(C3CC3)CC2)c([N+](=O)[O-])c1. The van der Waals surface area contributed by atoms with Crippen LogP contribution in [0.15, 0.2) is 18.2 Å². The number of benzene rings is 1. The third-order valence-corrected chi connectivity index (χ3v) is 4.30. The summed E-state index contributed by atoms with van der Waals surface area (Å²) >= 11 is 0. The third kappa shape index (κ3) is 2.90. The fraction of sp³-hybridized carbons (Fsp3) is 0.533. The van der Waals surface area contributed by atoms with Gasteiger partial charge in [-0.25, -0.2) is 0 Å². The summed E-state index contributed by atoms with van der Waals surface area (Å²) in [7, 11) is 0. The minimum atomic E-state index is -0.394. The van der Waals surface area contributed by atoms with Crippen molar-refractivity contribution in [3.63, 3.8) is 0 Å². The highest BCUT2D eigenvalue weighted by Crippen LogP contribution is 2.32. The Morgan fingerprint density at radius 1 is 1.24 bits per heavy atom. The number of nitro benzene ring substituents is 1. The number of Topliss-reactive ketones (excluding diaryl/α,β-unsaturated/α-hetero) is 1. The van der Waals surface area contributed by atoms with Gasteiger partial charge < -0.3 is 4.90 Å². The van der Waals surface area contributed by atoms with Gasteiger partial charge in [-0.1, -0.05) is 0 Å². The van der Waals surface area contributed by atoms with E-state index < -0.39 is 4.92 Å². The Morgan fingerprint density at radius 3 is 2.43 bits per heavy atom. The fourth-order valence-electron chi connectivity index (χ4n) is 2.92. The molecule has 0 radical (unpaired) electrons. The maximum absolute atomic E-state index is 11.4. The number of rotatable bonds is 4. The number of hydrogen-bond acceptors (Lipinski definition) is 5. The van der Waals surface area contributed by atoms with Crippen LogP contribution in [0, 0.1) is 10.1 Å². The van der Waals surface area contributed by atoms with Crippen LogP contribution in [0.5, 0.6) is 0 Å². The summed E-state index contributed by atoms with van der Waals surface area (Å²) in [4.78, 5) is 26.8. The lowest BCUT2D eigenvalue weighted by molar-refractivity contribution is -0.384. The third-order valence-electron chi connectivity index (χ3n) is 4.30. The lowest BCUT2D eigenvalue weighted by atomic mass is 10.1. The first-order chi connectivity index (χ1) is 10.1. The average molecular weight is 289 g/mol. The van der Waals surface area contributed by atoms with E-state index in [2.05, 4.69) is 9.80 Å². The second-order valence-corrected chi connectivity index (χ2v) is 5.77. The van der Waals surface area contributed by atoms with Gasteiger partial charge in [0.25, 0.3) is 5.69 Å². The lowest BCUT2D eigenvalue weighted by Gasteiger charge is -2.35. The van der Waals surface area contributed by atoms with Crippen LogP contribution in [0.4, 0.5) is 11.4 Å². The van der Waals surface area contributed by atoms with Crippen LogP contribution in [0.3, 0.4) is 0 Å². The molecule has 0 atom stereocenters. The summed E-state index contributed by atoms with van der Waals surface area (Å²) in [6, 6.07) is 5.52. The van der Waals surface area contributed by atoms with Gasteiger partial charge in [-0.15, -0.1) is 0 Å². The van der Waals surface area contributed by atoms with Crippen LogP contribution in [0.1, 0.15) is 30.1 Å². The van der Waals surface area contributed by atoms with Gasteiger partial charge in [0, 0.05) is 43.9 Å².